The lowest BCUT2D eigenvalue weighted by Gasteiger charge is -2.28. The maximum absolute atomic E-state index is 12.5. The van der Waals surface area contributed by atoms with E-state index in [1.807, 2.05) is 0 Å². The van der Waals surface area contributed by atoms with E-state index in [0.29, 0.717) is 18.2 Å². The number of allylic oxidation sites excluding steroid dienone is 1. The average Bonchev–Trinajstić information content (AvgIpc) is 2.74. The summed E-state index contributed by atoms with van der Waals surface area (Å²) in [5.74, 6) is 0.514. The first-order valence-corrected chi connectivity index (χ1v) is 9.90. The summed E-state index contributed by atoms with van der Waals surface area (Å²) in [6, 6.07) is 10.2. The Hall–Kier alpha value is -2.69. The van der Waals surface area contributed by atoms with Crippen LogP contribution < -0.4 is 10.2 Å². The summed E-state index contributed by atoms with van der Waals surface area (Å²) in [5, 5.41) is 3.00. The Morgan fingerprint density at radius 3 is 2.85 bits per heavy atom. The van der Waals surface area contributed by atoms with Gasteiger partial charge in [0, 0.05) is 25.8 Å². The maximum Gasteiger partial charge on any atom is 0.270 e. The standard InChI is InChI=1S/C22H26N4O/c27-21(23-13-10-17-6-2-1-3-7-17)20-11-14-24-22(25-20)26-15-12-18-8-4-5-9-19(18)16-26/h4-6,8-9,11,14H,1-3,7,10,12-13,15-16H2,(H,23,27). The van der Waals surface area contributed by atoms with Crippen molar-refractivity contribution >= 4 is 11.9 Å². The summed E-state index contributed by atoms with van der Waals surface area (Å²) in [4.78, 5) is 23.5. The Labute approximate surface area is 160 Å². The molecule has 140 valence electrons. The molecule has 5 heteroatoms. The Kier molecular flexibility index (Phi) is 5.47. The number of aromatic nitrogens is 2. The number of hydrogen-bond donors (Lipinski definition) is 1. The number of nitrogens with one attached hydrogen (secondary N) is 1. The molecule has 4 rings (SSSR count). The van der Waals surface area contributed by atoms with Crippen molar-refractivity contribution in [3.63, 3.8) is 0 Å². The number of carbonyl (C=O) groups is 1. The molecule has 27 heavy (non-hydrogen) atoms. The molecule has 0 unspecified atom stereocenters. The van der Waals surface area contributed by atoms with Crippen molar-refractivity contribution in [1.82, 2.24) is 15.3 Å². The molecule has 0 saturated carbocycles. The van der Waals surface area contributed by atoms with E-state index in [1.165, 1.54) is 42.4 Å². The summed E-state index contributed by atoms with van der Waals surface area (Å²) in [7, 11) is 0. The zero-order valence-corrected chi connectivity index (χ0v) is 15.7. The summed E-state index contributed by atoms with van der Waals surface area (Å²) in [6.07, 6.45) is 10.8. The van der Waals surface area contributed by atoms with E-state index in [-0.39, 0.29) is 5.91 Å². The normalized spacial score (nSPS) is 16.4. The molecule has 0 radical (unpaired) electrons. The van der Waals surface area contributed by atoms with Gasteiger partial charge in [-0.2, -0.15) is 0 Å². The third-order valence-corrected chi connectivity index (χ3v) is 5.41. The highest BCUT2D eigenvalue weighted by Gasteiger charge is 2.19. The molecule has 2 aromatic rings. The van der Waals surface area contributed by atoms with E-state index in [9.17, 15) is 4.79 Å². The molecule has 1 aromatic heterocycles. The highest BCUT2D eigenvalue weighted by atomic mass is 16.1. The Balaban J connectivity index is 1.37. The van der Waals surface area contributed by atoms with Gasteiger partial charge in [-0.1, -0.05) is 35.9 Å². The van der Waals surface area contributed by atoms with Gasteiger partial charge in [0.25, 0.3) is 5.91 Å². The lowest BCUT2D eigenvalue weighted by atomic mass is 9.97. The summed E-state index contributed by atoms with van der Waals surface area (Å²) >= 11 is 0. The predicted molar refractivity (Wildman–Crippen MR) is 107 cm³/mol. The van der Waals surface area contributed by atoms with Crippen LogP contribution in [0, 0.1) is 0 Å². The molecule has 2 aliphatic rings. The molecule has 1 aliphatic heterocycles. The van der Waals surface area contributed by atoms with E-state index in [1.54, 1.807) is 12.3 Å². The van der Waals surface area contributed by atoms with E-state index in [4.69, 9.17) is 0 Å². The first-order chi connectivity index (χ1) is 13.3. The van der Waals surface area contributed by atoms with Crippen LogP contribution in [0.25, 0.3) is 0 Å². The second-order valence-corrected chi connectivity index (χ2v) is 7.30. The van der Waals surface area contributed by atoms with Crippen LogP contribution in [-0.2, 0) is 13.0 Å². The average molecular weight is 362 g/mol. The predicted octanol–water partition coefficient (Wildman–Crippen LogP) is 3.66. The Bertz CT molecular complexity index is 846. The third-order valence-electron chi connectivity index (χ3n) is 5.41. The number of anilines is 1. The van der Waals surface area contributed by atoms with Crippen molar-refractivity contribution < 1.29 is 4.79 Å². The van der Waals surface area contributed by atoms with Crippen molar-refractivity contribution in [1.29, 1.82) is 0 Å². The van der Waals surface area contributed by atoms with Crippen molar-refractivity contribution in [2.75, 3.05) is 18.0 Å². The molecule has 1 aliphatic carbocycles. The lowest BCUT2D eigenvalue weighted by molar-refractivity contribution is 0.0949. The fourth-order valence-corrected chi connectivity index (χ4v) is 3.85. The second kappa shape index (κ2) is 8.33. The summed E-state index contributed by atoms with van der Waals surface area (Å²) < 4.78 is 0. The van der Waals surface area contributed by atoms with Gasteiger partial charge in [-0.15, -0.1) is 0 Å². The van der Waals surface area contributed by atoms with Gasteiger partial charge in [-0.3, -0.25) is 4.79 Å². The molecular formula is C22H26N4O. The van der Waals surface area contributed by atoms with Crippen LogP contribution in [0.15, 0.2) is 48.2 Å². The molecule has 1 amide bonds. The molecular weight excluding hydrogens is 336 g/mol. The third kappa shape index (κ3) is 4.35. The number of benzene rings is 1. The number of fused-ring (bicyclic) bond motifs is 1. The van der Waals surface area contributed by atoms with Crippen LogP contribution in [-0.4, -0.2) is 29.0 Å². The van der Waals surface area contributed by atoms with E-state index in [0.717, 1.165) is 25.9 Å². The van der Waals surface area contributed by atoms with Crippen molar-refractivity contribution in [2.45, 2.75) is 45.1 Å². The van der Waals surface area contributed by atoms with Crippen LogP contribution in [0.3, 0.4) is 0 Å². The van der Waals surface area contributed by atoms with Crippen LogP contribution in [0.4, 0.5) is 5.95 Å². The van der Waals surface area contributed by atoms with Crippen molar-refractivity contribution in [3.8, 4) is 0 Å². The number of hydrogen-bond acceptors (Lipinski definition) is 4. The Morgan fingerprint density at radius 1 is 1.11 bits per heavy atom. The number of carbonyl (C=O) groups excluding carboxylic acids is 1. The van der Waals surface area contributed by atoms with E-state index >= 15 is 0 Å². The van der Waals surface area contributed by atoms with E-state index < -0.39 is 0 Å². The minimum absolute atomic E-state index is 0.118. The van der Waals surface area contributed by atoms with Crippen molar-refractivity contribution in [3.05, 3.63) is 65.0 Å². The summed E-state index contributed by atoms with van der Waals surface area (Å²) in [6.45, 7) is 2.33. The van der Waals surface area contributed by atoms with Crippen LogP contribution in [0.2, 0.25) is 0 Å². The molecule has 0 saturated heterocycles. The highest BCUT2D eigenvalue weighted by Crippen LogP contribution is 2.22. The summed E-state index contributed by atoms with van der Waals surface area (Å²) in [5.41, 5.74) is 4.61. The second-order valence-electron chi connectivity index (χ2n) is 7.30. The van der Waals surface area contributed by atoms with Gasteiger partial charge in [0.1, 0.15) is 5.69 Å². The molecule has 0 atom stereocenters. The van der Waals surface area contributed by atoms with Gasteiger partial charge in [0.2, 0.25) is 5.95 Å². The quantitative estimate of drug-likeness (QED) is 0.825. The van der Waals surface area contributed by atoms with Crippen molar-refractivity contribution in [2.24, 2.45) is 0 Å². The fourth-order valence-electron chi connectivity index (χ4n) is 3.85. The minimum Gasteiger partial charge on any atom is -0.350 e. The number of nitrogens with zero attached hydrogens (tertiary/aromatic N) is 3. The van der Waals surface area contributed by atoms with Gasteiger partial charge >= 0.3 is 0 Å². The first-order valence-electron chi connectivity index (χ1n) is 9.90. The fraction of sp³-hybridized carbons (Fsp3) is 0.409. The Morgan fingerprint density at radius 2 is 2.00 bits per heavy atom. The first kappa shape index (κ1) is 17.7. The topological polar surface area (TPSA) is 58.1 Å². The van der Waals surface area contributed by atoms with Gasteiger partial charge < -0.3 is 10.2 Å². The molecule has 0 bridgehead atoms. The SMILES string of the molecule is O=C(NCCC1=CCCCC1)c1ccnc(N2CCc3ccccc3C2)n1. The minimum atomic E-state index is -0.118. The number of amides is 1. The monoisotopic (exact) mass is 362 g/mol. The molecule has 5 nitrogen and oxygen atoms in total. The van der Waals surface area contributed by atoms with Gasteiger partial charge in [-0.05, 0) is 55.7 Å². The lowest BCUT2D eigenvalue weighted by Crippen LogP contribution is -2.32. The van der Waals surface area contributed by atoms with Gasteiger partial charge in [0.15, 0.2) is 0 Å². The van der Waals surface area contributed by atoms with Crippen LogP contribution in [0.1, 0.15) is 53.7 Å². The molecule has 1 aromatic carbocycles. The van der Waals surface area contributed by atoms with E-state index in [2.05, 4.69) is 50.5 Å². The van der Waals surface area contributed by atoms with Gasteiger partial charge in [-0.25, -0.2) is 9.97 Å². The largest absolute Gasteiger partial charge is 0.350 e. The smallest absolute Gasteiger partial charge is 0.270 e. The van der Waals surface area contributed by atoms with Crippen LogP contribution in [0.5, 0.6) is 0 Å². The maximum atomic E-state index is 12.5. The van der Waals surface area contributed by atoms with Crippen LogP contribution >= 0.6 is 0 Å². The van der Waals surface area contributed by atoms with Gasteiger partial charge in [0.05, 0.1) is 0 Å². The molecule has 0 spiro atoms. The highest BCUT2D eigenvalue weighted by molar-refractivity contribution is 5.92. The zero-order chi connectivity index (χ0) is 18.5. The number of rotatable bonds is 5. The molecule has 1 N–H and O–H groups in total. The molecule has 0 fully saturated rings. The molecule has 2 heterocycles. The zero-order valence-electron chi connectivity index (χ0n) is 15.7.